The summed E-state index contributed by atoms with van der Waals surface area (Å²) in [7, 11) is 0. The van der Waals surface area contributed by atoms with Crippen molar-refractivity contribution in [2.24, 2.45) is 0 Å². The number of aryl methyl sites for hydroxylation is 1. The van der Waals surface area contributed by atoms with Gasteiger partial charge in [0, 0.05) is 11.0 Å². The summed E-state index contributed by atoms with van der Waals surface area (Å²) in [5, 5.41) is 0. The molecule has 1 aromatic heterocycles. The maximum absolute atomic E-state index is 5.90. The van der Waals surface area contributed by atoms with Crippen molar-refractivity contribution in [1.82, 2.24) is 4.98 Å². The van der Waals surface area contributed by atoms with E-state index >= 15 is 0 Å². The molecular formula is C13H14ClNOS. The average Bonchev–Trinajstić information content (AvgIpc) is 2.62. The lowest BCUT2D eigenvalue weighted by Crippen LogP contribution is -2.11. The molecule has 4 heteroatoms. The van der Waals surface area contributed by atoms with Crippen molar-refractivity contribution in [3.63, 3.8) is 0 Å². The Balaban J connectivity index is 2.79. The number of thiocarbonyl (C=S) groups is 1. The lowest BCUT2D eigenvalue weighted by molar-refractivity contribution is 0.410. The number of benzene rings is 1. The van der Waals surface area contributed by atoms with Gasteiger partial charge in [0.2, 0.25) is 5.89 Å². The van der Waals surface area contributed by atoms with Gasteiger partial charge in [0.1, 0.15) is 9.84 Å². The number of fused-ring (bicyclic) bond motifs is 1. The van der Waals surface area contributed by atoms with E-state index in [1.54, 1.807) is 0 Å². The SMILES string of the molecule is Cc1ccc(C(=S)Cl)c2oc(C(C)(C)C)nc12. The fourth-order valence-electron chi connectivity index (χ4n) is 1.61. The molecule has 0 spiro atoms. The second-order valence-corrected chi connectivity index (χ2v) is 6.16. The van der Waals surface area contributed by atoms with Crippen LogP contribution in [0.1, 0.15) is 37.8 Å². The summed E-state index contributed by atoms with van der Waals surface area (Å²) < 4.78 is 6.13. The minimum absolute atomic E-state index is 0.128. The zero-order chi connectivity index (χ0) is 12.8. The van der Waals surface area contributed by atoms with E-state index in [1.165, 1.54) is 0 Å². The van der Waals surface area contributed by atoms with E-state index in [4.69, 9.17) is 28.2 Å². The van der Waals surface area contributed by atoms with E-state index in [0.717, 1.165) is 16.6 Å². The second kappa shape index (κ2) is 4.07. The zero-order valence-corrected chi connectivity index (χ0v) is 11.9. The fourth-order valence-corrected chi connectivity index (χ4v) is 1.92. The molecule has 0 atom stereocenters. The molecule has 0 saturated heterocycles. The van der Waals surface area contributed by atoms with E-state index in [-0.39, 0.29) is 5.41 Å². The minimum Gasteiger partial charge on any atom is -0.439 e. The van der Waals surface area contributed by atoms with Gasteiger partial charge in [-0.2, -0.15) is 0 Å². The Kier molecular flexibility index (Phi) is 3.00. The molecule has 0 bridgehead atoms. The molecule has 0 fully saturated rings. The monoisotopic (exact) mass is 267 g/mol. The van der Waals surface area contributed by atoms with Crippen molar-refractivity contribution in [2.75, 3.05) is 0 Å². The average molecular weight is 268 g/mol. The van der Waals surface area contributed by atoms with Crippen LogP contribution in [0.3, 0.4) is 0 Å². The van der Waals surface area contributed by atoms with E-state index < -0.39 is 0 Å². The topological polar surface area (TPSA) is 26.0 Å². The Labute approximate surface area is 111 Å². The molecule has 2 nitrogen and oxygen atoms in total. The van der Waals surface area contributed by atoms with Crippen LogP contribution >= 0.6 is 23.8 Å². The van der Waals surface area contributed by atoms with Gasteiger partial charge >= 0.3 is 0 Å². The molecule has 2 rings (SSSR count). The first-order valence-corrected chi connectivity index (χ1v) is 6.20. The molecule has 0 amide bonds. The van der Waals surface area contributed by atoms with Crippen molar-refractivity contribution < 1.29 is 4.42 Å². The standard InChI is InChI=1S/C13H14ClNOS/c1-7-5-6-8(11(14)17)10-9(7)15-12(16-10)13(2,3)4/h5-6H,1-4H3. The van der Waals surface area contributed by atoms with Crippen molar-refractivity contribution in [3.05, 3.63) is 29.2 Å². The van der Waals surface area contributed by atoms with Gasteiger partial charge in [0.05, 0.1) is 0 Å². The van der Waals surface area contributed by atoms with E-state index in [1.807, 2.05) is 19.1 Å². The molecule has 17 heavy (non-hydrogen) atoms. The molecule has 0 radical (unpaired) electrons. The van der Waals surface area contributed by atoms with Gasteiger partial charge in [0.15, 0.2) is 5.58 Å². The molecule has 0 aliphatic carbocycles. The highest BCUT2D eigenvalue weighted by molar-refractivity contribution is 7.83. The maximum Gasteiger partial charge on any atom is 0.200 e. The Bertz CT molecular complexity index is 595. The highest BCUT2D eigenvalue weighted by Crippen LogP contribution is 2.30. The smallest absolute Gasteiger partial charge is 0.200 e. The second-order valence-electron chi connectivity index (χ2n) is 5.15. The van der Waals surface area contributed by atoms with Gasteiger partial charge in [-0.15, -0.1) is 0 Å². The van der Waals surface area contributed by atoms with Gasteiger partial charge in [-0.25, -0.2) is 4.98 Å². The predicted molar refractivity (Wildman–Crippen MR) is 75.0 cm³/mol. The van der Waals surface area contributed by atoms with Crippen molar-refractivity contribution in [1.29, 1.82) is 0 Å². The normalized spacial score (nSPS) is 12.1. The minimum atomic E-state index is -0.128. The number of aromatic nitrogens is 1. The molecule has 0 N–H and O–H groups in total. The first kappa shape index (κ1) is 12.5. The summed E-state index contributed by atoms with van der Waals surface area (Å²) in [4.78, 5) is 4.54. The van der Waals surface area contributed by atoms with Gasteiger partial charge in [-0.05, 0) is 18.6 Å². The van der Waals surface area contributed by atoms with Crippen molar-refractivity contribution in [2.45, 2.75) is 33.1 Å². The number of oxazole rings is 1. The number of halogens is 1. The van der Waals surface area contributed by atoms with Crippen molar-refractivity contribution in [3.8, 4) is 0 Å². The number of hydrogen-bond acceptors (Lipinski definition) is 3. The largest absolute Gasteiger partial charge is 0.439 e. The van der Waals surface area contributed by atoms with Gasteiger partial charge in [0.25, 0.3) is 0 Å². The van der Waals surface area contributed by atoms with Gasteiger partial charge in [-0.1, -0.05) is 50.7 Å². The van der Waals surface area contributed by atoms with E-state index in [0.29, 0.717) is 15.8 Å². The van der Waals surface area contributed by atoms with Crippen LogP contribution < -0.4 is 0 Å². The molecular weight excluding hydrogens is 254 g/mol. The van der Waals surface area contributed by atoms with Gasteiger partial charge < -0.3 is 4.42 Å². The van der Waals surface area contributed by atoms with Crippen LogP contribution in [0.25, 0.3) is 11.1 Å². The molecule has 0 aliphatic rings. The maximum atomic E-state index is 5.90. The number of rotatable bonds is 1. The quantitative estimate of drug-likeness (QED) is 0.568. The van der Waals surface area contributed by atoms with Gasteiger partial charge in [-0.3, -0.25) is 0 Å². The molecule has 1 heterocycles. The van der Waals surface area contributed by atoms with Crippen LogP contribution in [-0.2, 0) is 5.41 Å². The van der Waals surface area contributed by atoms with E-state index in [2.05, 4.69) is 25.8 Å². The van der Waals surface area contributed by atoms with Crippen LogP contribution in [-0.4, -0.2) is 9.31 Å². The molecule has 90 valence electrons. The zero-order valence-electron chi connectivity index (χ0n) is 10.3. The number of nitrogens with zero attached hydrogens (tertiary/aromatic N) is 1. The summed E-state index contributed by atoms with van der Waals surface area (Å²) in [6, 6.07) is 3.84. The molecule has 1 aromatic carbocycles. The van der Waals surface area contributed by atoms with Crippen LogP contribution in [0, 0.1) is 6.92 Å². The predicted octanol–water partition coefficient (Wildman–Crippen LogP) is 4.35. The summed E-state index contributed by atoms with van der Waals surface area (Å²) in [5.74, 6) is 0.705. The van der Waals surface area contributed by atoms with Crippen molar-refractivity contribution >= 4 is 39.2 Å². The van der Waals surface area contributed by atoms with Crippen LogP contribution in [0.5, 0.6) is 0 Å². The first-order chi connectivity index (χ1) is 7.80. The number of hydrogen-bond donors (Lipinski definition) is 0. The third-order valence-electron chi connectivity index (χ3n) is 2.60. The molecule has 2 aromatic rings. The van der Waals surface area contributed by atoms with E-state index in [9.17, 15) is 0 Å². The third kappa shape index (κ3) is 2.22. The lowest BCUT2D eigenvalue weighted by Gasteiger charge is -2.11. The Morgan fingerprint density at radius 2 is 2.00 bits per heavy atom. The summed E-state index contributed by atoms with van der Waals surface area (Å²) in [6.45, 7) is 8.18. The van der Waals surface area contributed by atoms with Crippen LogP contribution in [0.15, 0.2) is 16.5 Å². The summed E-state index contributed by atoms with van der Waals surface area (Å²) in [5.41, 5.74) is 3.21. The third-order valence-corrected chi connectivity index (χ3v) is 3.02. The Morgan fingerprint density at radius 3 is 2.53 bits per heavy atom. The Morgan fingerprint density at radius 1 is 1.35 bits per heavy atom. The summed E-state index contributed by atoms with van der Waals surface area (Å²) in [6.07, 6.45) is 0. The Hall–Kier alpha value is -0.930. The fraction of sp³-hybridized carbons (Fsp3) is 0.385. The molecule has 0 unspecified atom stereocenters. The van der Waals surface area contributed by atoms with Crippen LogP contribution in [0.2, 0.25) is 0 Å². The molecule has 0 aliphatic heterocycles. The summed E-state index contributed by atoms with van der Waals surface area (Å²) >= 11 is 10.9. The highest BCUT2D eigenvalue weighted by atomic mass is 35.5. The first-order valence-electron chi connectivity index (χ1n) is 5.41. The molecule has 0 saturated carbocycles. The lowest BCUT2D eigenvalue weighted by atomic mass is 9.97. The van der Waals surface area contributed by atoms with Crippen LogP contribution in [0.4, 0.5) is 0 Å². The highest BCUT2D eigenvalue weighted by Gasteiger charge is 2.23.